The fraction of sp³-hybridized carbons (Fsp3) is 0.0714. The predicted molar refractivity (Wildman–Crippen MR) is 186 cm³/mol. The number of rotatable bonds is 4. The van der Waals surface area contributed by atoms with Crippen molar-refractivity contribution in [1.29, 1.82) is 0 Å². The third-order valence-corrected chi connectivity index (χ3v) is 9.36. The van der Waals surface area contributed by atoms with Gasteiger partial charge in [-0.15, -0.1) is 0 Å². The van der Waals surface area contributed by atoms with Crippen molar-refractivity contribution >= 4 is 21.9 Å². The van der Waals surface area contributed by atoms with Gasteiger partial charge in [0.15, 0.2) is 17.5 Å². The molecule has 0 radical (unpaired) electrons. The zero-order chi connectivity index (χ0) is 30.8. The highest BCUT2D eigenvalue weighted by Crippen LogP contribution is 2.52. The monoisotopic (exact) mass is 591 g/mol. The number of benzene rings is 6. The lowest BCUT2D eigenvalue weighted by Gasteiger charge is -2.21. The van der Waals surface area contributed by atoms with Gasteiger partial charge in [0, 0.05) is 32.9 Å². The number of furan rings is 1. The van der Waals surface area contributed by atoms with Gasteiger partial charge in [0.1, 0.15) is 11.2 Å². The van der Waals surface area contributed by atoms with E-state index in [2.05, 4.69) is 92.7 Å². The van der Waals surface area contributed by atoms with Crippen LogP contribution in [0.1, 0.15) is 25.0 Å². The first-order valence-electron chi connectivity index (χ1n) is 15.6. The van der Waals surface area contributed by atoms with Gasteiger partial charge in [0.25, 0.3) is 0 Å². The molecule has 0 unspecified atom stereocenters. The quantitative estimate of drug-likeness (QED) is 0.204. The van der Waals surface area contributed by atoms with Crippen LogP contribution in [-0.4, -0.2) is 15.0 Å². The fourth-order valence-electron chi connectivity index (χ4n) is 6.99. The van der Waals surface area contributed by atoms with E-state index in [1.807, 2.05) is 60.7 Å². The van der Waals surface area contributed by atoms with E-state index in [0.717, 1.165) is 44.4 Å². The number of nitrogens with zero attached hydrogens (tertiary/aromatic N) is 3. The molecule has 6 aromatic carbocycles. The van der Waals surface area contributed by atoms with Gasteiger partial charge in [0.05, 0.1) is 0 Å². The molecule has 4 nitrogen and oxygen atoms in total. The Bertz CT molecular complexity index is 2370. The maximum Gasteiger partial charge on any atom is 0.164 e. The summed E-state index contributed by atoms with van der Waals surface area (Å²) in [6, 6.07) is 48.3. The summed E-state index contributed by atoms with van der Waals surface area (Å²) in [4.78, 5) is 14.6. The average molecular weight is 592 g/mol. The summed E-state index contributed by atoms with van der Waals surface area (Å²) in [6.07, 6.45) is 0. The minimum atomic E-state index is -0.0480. The van der Waals surface area contributed by atoms with Gasteiger partial charge >= 0.3 is 0 Å². The highest BCUT2D eigenvalue weighted by atomic mass is 16.3. The Morgan fingerprint density at radius 3 is 1.65 bits per heavy atom. The molecule has 0 saturated heterocycles. The predicted octanol–water partition coefficient (Wildman–Crippen LogP) is 10.7. The molecule has 9 rings (SSSR count). The Morgan fingerprint density at radius 1 is 0.457 bits per heavy atom. The van der Waals surface area contributed by atoms with E-state index in [1.54, 1.807) is 0 Å². The SMILES string of the molecule is CC1(C)c2ccccc2-c2c1ccc1oc3cc(-c4ccc(-c5nc(-c6ccccc6)nc(-c6ccccc6)n5)cc4)ccc3c21. The molecule has 0 atom stereocenters. The summed E-state index contributed by atoms with van der Waals surface area (Å²) in [5.41, 5.74) is 12.1. The van der Waals surface area contributed by atoms with Crippen molar-refractivity contribution < 1.29 is 4.42 Å². The lowest BCUT2D eigenvalue weighted by Crippen LogP contribution is -2.14. The molecule has 218 valence electrons. The van der Waals surface area contributed by atoms with Gasteiger partial charge < -0.3 is 4.42 Å². The molecule has 1 aliphatic rings. The maximum absolute atomic E-state index is 6.50. The van der Waals surface area contributed by atoms with Gasteiger partial charge in [-0.1, -0.05) is 135 Å². The molecule has 2 heterocycles. The first-order valence-corrected chi connectivity index (χ1v) is 15.6. The Balaban J connectivity index is 1.11. The third kappa shape index (κ3) is 4.11. The summed E-state index contributed by atoms with van der Waals surface area (Å²) in [7, 11) is 0. The van der Waals surface area contributed by atoms with Crippen molar-refractivity contribution in [3.63, 3.8) is 0 Å². The Labute approximate surface area is 267 Å². The first-order chi connectivity index (χ1) is 22.5. The molecule has 2 aromatic heterocycles. The Morgan fingerprint density at radius 2 is 1.00 bits per heavy atom. The second kappa shape index (κ2) is 10.1. The molecule has 46 heavy (non-hydrogen) atoms. The molecule has 0 saturated carbocycles. The van der Waals surface area contributed by atoms with Crippen LogP contribution in [0.25, 0.3) is 78.4 Å². The topological polar surface area (TPSA) is 51.8 Å². The number of hydrogen-bond donors (Lipinski definition) is 0. The van der Waals surface area contributed by atoms with Crippen molar-refractivity contribution in [3.8, 4) is 56.4 Å². The van der Waals surface area contributed by atoms with E-state index < -0.39 is 0 Å². The Kier molecular flexibility index (Phi) is 5.81. The van der Waals surface area contributed by atoms with Crippen LogP contribution in [0.15, 0.2) is 144 Å². The van der Waals surface area contributed by atoms with E-state index in [9.17, 15) is 0 Å². The van der Waals surface area contributed by atoms with E-state index in [1.165, 1.54) is 27.6 Å². The van der Waals surface area contributed by atoms with Crippen molar-refractivity contribution in [2.45, 2.75) is 19.3 Å². The van der Waals surface area contributed by atoms with E-state index >= 15 is 0 Å². The fourth-order valence-corrected chi connectivity index (χ4v) is 6.99. The lowest BCUT2D eigenvalue weighted by molar-refractivity contribution is 0.656. The van der Waals surface area contributed by atoms with Gasteiger partial charge in [0.2, 0.25) is 0 Å². The number of fused-ring (bicyclic) bond motifs is 7. The van der Waals surface area contributed by atoms with E-state index in [-0.39, 0.29) is 5.41 Å². The molecule has 0 aliphatic heterocycles. The molecule has 8 aromatic rings. The van der Waals surface area contributed by atoms with Crippen LogP contribution < -0.4 is 0 Å². The molecule has 0 spiro atoms. The second-order valence-electron chi connectivity index (χ2n) is 12.5. The van der Waals surface area contributed by atoms with Gasteiger partial charge in [-0.3, -0.25) is 0 Å². The van der Waals surface area contributed by atoms with Crippen LogP contribution in [0, 0.1) is 0 Å². The highest BCUT2D eigenvalue weighted by Gasteiger charge is 2.37. The lowest BCUT2D eigenvalue weighted by atomic mass is 9.82. The van der Waals surface area contributed by atoms with Crippen molar-refractivity contribution in [2.24, 2.45) is 0 Å². The summed E-state index contributed by atoms with van der Waals surface area (Å²) in [6.45, 7) is 4.63. The average Bonchev–Trinajstić information content (AvgIpc) is 3.60. The summed E-state index contributed by atoms with van der Waals surface area (Å²) in [5, 5.41) is 2.34. The van der Waals surface area contributed by atoms with Crippen LogP contribution in [0.4, 0.5) is 0 Å². The smallest absolute Gasteiger partial charge is 0.164 e. The minimum absolute atomic E-state index is 0.0480. The molecule has 0 amide bonds. The largest absolute Gasteiger partial charge is 0.456 e. The summed E-state index contributed by atoms with van der Waals surface area (Å²) < 4.78 is 6.50. The standard InChI is InChI=1S/C42H29N3O/c1-42(2)33-16-10-9-15-31(33)37-34(42)23-24-35-38(37)32-22-21-30(25-36(32)46-35)26-17-19-29(20-18-26)41-44-39(27-11-5-3-6-12-27)43-40(45-41)28-13-7-4-8-14-28/h3-25H,1-2H3. The zero-order valence-corrected chi connectivity index (χ0v) is 25.5. The number of aromatic nitrogens is 3. The van der Waals surface area contributed by atoms with Crippen LogP contribution >= 0.6 is 0 Å². The first kappa shape index (κ1) is 26.5. The summed E-state index contributed by atoms with van der Waals surface area (Å²) >= 11 is 0. The molecule has 0 N–H and O–H groups in total. The van der Waals surface area contributed by atoms with Crippen LogP contribution in [0.2, 0.25) is 0 Å². The normalized spacial score (nSPS) is 13.2. The van der Waals surface area contributed by atoms with Gasteiger partial charge in [-0.25, -0.2) is 15.0 Å². The number of hydrogen-bond acceptors (Lipinski definition) is 4. The zero-order valence-electron chi connectivity index (χ0n) is 25.5. The maximum atomic E-state index is 6.50. The molecule has 0 fully saturated rings. The van der Waals surface area contributed by atoms with E-state index in [0.29, 0.717) is 17.5 Å². The van der Waals surface area contributed by atoms with Crippen molar-refractivity contribution in [3.05, 3.63) is 151 Å². The molecule has 4 heteroatoms. The van der Waals surface area contributed by atoms with Crippen LogP contribution in [0.3, 0.4) is 0 Å². The van der Waals surface area contributed by atoms with Crippen molar-refractivity contribution in [1.82, 2.24) is 15.0 Å². The summed E-state index contributed by atoms with van der Waals surface area (Å²) in [5.74, 6) is 1.95. The second-order valence-corrected chi connectivity index (χ2v) is 12.5. The third-order valence-electron chi connectivity index (χ3n) is 9.36. The molecular formula is C42H29N3O. The van der Waals surface area contributed by atoms with Crippen LogP contribution in [-0.2, 0) is 5.41 Å². The molecule has 0 bridgehead atoms. The van der Waals surface area contributed by atoms with Crippen molar-refractivity contribution in [2.75, 3.05) is 0 Å². The van der Waals surface area contributed by atoms with Gasteiger partial charge in [-0.2, -0.15) is 0 Å². The minimum Gasteiger partial charge on any atom is -0.456 e. The Hall–Kier alpha value is -5.87. The van der Waals surface area contributed by atoms with Crippen LogP contribution in [0.5, 0.6) is 0 Å². The molecule has 1 aliphatic carbocycles. The molecular weight excluding hydrogens is 562 g/mol. The van der Waals surface area contributed by atoms with E-state index in [4.69, 9.17) is 19.4 Å². The highest BCUT2D eigenvalue weighted by molar-refractivity contribution is 6.15. The van der Waals surface area contributed by atoms with Gasteiger partial charge in [-0.05, 0) is 51.6 Å².